The van der Waals surface area contributed by atoms with Gasteiger partial charge in [-0.1, -0.05) is 126 Å². The highest BCUT2D eigenvalue weighted by molar-refractivity contribution is 6.00. The van der Waals surface area contributed by atoms with Gasteiger partial charge in [0.1, 0.15) is 0 Å². The maximum absolute atomic E-state index is 2.47. The van der Waals surface area contributed by atoms with Gasteiger partial charge < -0.3 is 0 Å². The van der Waals surface area contributed by atoms with E-state index >= 15 is 0 Å². The summed E-state index contributed by atoms with van der Waals surface area (Å²) in [4.78, 5) is 9.84. The molecule has 0 fully saturated rings. The van der Waals surface area contributed by atoms with Crippen molar-refractivity contribution in [2.75, 3.05) is 19.6 Å². The van der Waals surface area contributed by atoms with Crippen LogP contribution in [-0.2, 0) is 10.8 Å². The number of benzene rings is 6. The van der Waals surface area contributed by atoms with Crippen LogP contribution in [0.5, 0.6) is 0 Å². The highest BCUT2D eigenvalue weighted by atomic mass is 15.5. The van der Waals surface area contributed by atoms with Gasteiger partial charge in [0.2, 0.25) is 0 Å². The van der Waals surface area contributed by atoms with E-state index in [1.807, 2.05) is 0 Å². The van der Waals surface area contributed by atoms with Crippen molar-refractivity contribution in [2.45, 2.75) is 52.4 Å². The highest BCUT2D eigenvalue weighted by Gasteiger charge is 2.45. The Morgan fingerprint density at radius 3 is 0.820 bits per heavy atom. The summed E-state index contributed by atoms with van der Waals surface area (Å²) in [6, 6.07) is 57.3. The summed E-state index contributed by atoms with van der Waals surface area (Å²) in [5, 5.41) is 0. The molecule has 0 saturated carbocycles. The number of anilines is 8. The third-order valence-electron chi connectivity index (χ3n) is 9.75. The first-order valence-electron chi connectivity index (χ1n) is 17.6. The topological polar surface area (TPSA) is 13.0 Å². The number of hydrogen-bond donors (Lipinski definition) is 0. The Morgan fingerprint density at radius 1 is 0.300 bits per heavy atom. The molecule has 0 saturated heterocycles. The first-order valence-corrected chi connectivity index (χ1v) is 17.6. The van der Waals surface area contributed by atoms with Gasteiger partial charge in [-0.2, -0.15) is 0 Å². The fourth-order valence-electron chi connectivity index (χ4n) is 7.13. The van der Waals surface area contributed by atoms with E-state index < -0.39 is 0 Å². The molecule has 2 heterocycles. The first-order chi connectivity index (χ1) is 24.1. The van der Waals surface area contributed by atoms with Crippen molar-refractivity contribution in [3.05, 3.63) is 180 Å². The van der Waals surface area contributed by atoms with Crippen LogP contribution >= 0.6 is 0 Å². The minimum atomic E-state index is -0.0238. The van der Waals surface area contributed by atoms with Crippen molar-refractivity contribution in [3.63, 3.8) is 0 Å². The van der Waals surface area contributed by atoms with E-state index in [1.165, 1.54) is 11.1 Å². The molecule has 0 unspecified atom stereocenters. The minimum absolute atomic E-state index is 0.0238. The van der Waals surface area contributed by atoms with Gasteiger partial charge >= 0.3 is 0 Å². The predicted octanol–water partition coefficient (Wildman–Crippen LogP) is 12.7. The average molecular weight is 653 g/mol. The quantitative estimate of drug-likeness (QED) is 0.188. The number of fused-ring (bicyclic) bond motifs is 2. The summed E-state index contributed by atoms with van der Waals surface area (Å²) >= 11 is 0. The van der Waals surface area contributed by atoms with Crippen molar-refractivity contribution in [3.8, 4) is 0 Å². The molecule has 2 aliphatic rings. The molecule has 0 atom stereocenters. The average Bonchev–Trinajstić information content (AvgIpc) is 3.64. The molecule has 0 aromatic heterocycles. The molecular formula is C46H44N4. The summed E-state index contributed by atoms with van der Waals surface area (Å²) in [5.41, 5.74) is 11.5. The highest BCUT2D eigenvalue weighted by Crippen LogP contribution is 2.57. The third-order valence-corrected chi connectivity index (χ3v) is 9.75. The Morgan fingerprint density at radius 2 is 0.560 bits per heavy atom. The van der Waals surface area contributed by atoms with Crippen LogP contribution in [0.3, 0.4) is 0 Å². The van der Waals surface area contributed by atoms with Gasteiger partial charge in [0.05, 0.1) is 22.7 Å². The largest absolute Gasteiger partial charge is 0.291 e. The first kappa shape index (κ1) is 31.5. The van der Waals surface area contributed by atoms with E-state index in [1.54, 1.807) is 0 Å². The van der Waals surface area contributed by atoms with Crippen LogP contribution in [0.15, 0.2) is 169 Å². The van der Waals surface area contributed by atoms with Gasteiger partial charge in [-0.15, -0.1) is 0 Å². The molecule has 248 valence electrons. The lowest BCUT2D eigenvalue weighted by atomic mass is 9.86. The van der Waals surface area contributed by atoms with Gasteiger partial charge in [0.25, 0.3) is 0 Å². The van der Waals surface area contributed by atoms with Crippen molar-refractivity contribution in [1.82, 2.24) is 0 Å². The zero-order chi connectivity index (χ0) is 34.6. The fourth-order valence-corrected chi connectivity index (χ4v) is 7.13. The van der Waals surface area contributed by atoms with Gasteiger partial charge in [0.15, 0.2) is 11.6 Å². The molecule has 50 heavy (non-hydrogen) atoms. The Balaban J connectivity index is 1.54. The minimum Gasteiger partial charge on any atom is -0.291 e. The second-order valence-corrected chi connectivity index (χ2v) is 15.2. The molecule has 8 rings (SSSR count). The molecule has 0 spiro atoms. The van der Waals surface area contributed by atoms with Crippen LogP contribution in [0.4, 0.5) is 45.5 Å². The zero-order valence-corrected chi connectivity index (χ0v) is 29.8. The Bertz CT molecular complexity index is 2020. The molecule has 0 bridgehead atoms. The number of para-hydroxylation sites is 4. The fraction of sp³-hybridized carbons (Fsp3) is 0.174. The van der Waals surface area contributed by atoms with Crippen LogP contribution in [0.2, 0.25) is 0 Å². The van der Waals surface area contributed by atoms with E-state index in [9.17, 15) is 0 Å². The molecule has 0 N–H and O–H groups in total. The lowest BCUT2D eigenvalue weighted by molar-refractivity contribution is 0.590. The standard InChI is InChI=1S/C46H44N4/c1-45(2,3)33-27-29-39-41(31-33)49(37-23-15-9-16-24-37)43(47(39)35-19-11-7-12-20-35)44-48(36-21-13-8-14-22-36)40-30-28-34(46(4,5)6)32-42(40)50(44)38-25-17-10-18-26-38/h7-32H,1-6H3/b44-43-. The molecule has 4 nitrogen and oxygen atoms in total. The summed E-state index contributed by atoms with van der Waals surface area (Å²) in [6.07, 6.45) is 0. The smallest absolute Gasteiger partial charge is 0.166 e. The summed E-state index contributed by atoms with van der Waals surface area (Å²) in [6.45, 7) is 13.7. The molecule has 4 heteroatoms. The number of rotatable bonds is 4. The summed E-state index contributed by atoms with van der Waals surface area (Å²) < 4.78 is 0. The molecule has 0 aliphatic carbocycles. The second-order valence-electron chi connectivity index (χ2n) is 15.2. The monoisotopic (exact) mass is 652 g/mol. The van der Waals surface area contributed by atoms with Crippen LogP contribution < -0.4 is 19.6 Å². The summed E-state index contributed by atoms with van der Waals surface area (Å²) in [7, 11) is 0. The van der Waals surface area contributed by atoms with Crippen LogP contribution in [-0.4, -0.2) is 0 Å². The van der Waals surface area contributed by atoms with Gasteiger partial charge in [-0.3, -0.25) is 19.6 Å². The van der Waals surface area contributed by atoms with Crippen molar-refractivity contribution >= 4 is 45.5 Å². The van der Waals surface area contributed by atoms with Crippen LogP contribution in [0, 0.1) is 0 Å². The number of nitrogens with zero attached hydrogens (tertiary/aromatic N) is 4. The van der Waals surface area contributed by atoms with Gasteiger partial charge in [0, 0.05) is 22.7 Å². The van der Waals surface area contributed by atoms with Gasteiger partial charge in [-0.05, 0) is 94.8 Å². The molecule has 0 amide bonds. The van der Waals surface area contributed by atoms with Crippen LogP contribution in [0.25, 0.3) is 0 Å². The normalized spacial score (nSPS) is 15.8. The molecule has 2 aliphatic heterocycles. The van der Waals surface area contributed by atoms with E-state index in [2.05, 4.69) is 219 Å². The molecule has 6 aromatic rings. The number of hydrogen-bond acceptors (Lipinski definition) is 4. The lowest BCUT2D eigenvalue weighted by Gasteiger charge is -2.34. The summed E-state index contributed by atoms with van der Waals surface area (Å²) in [5.74, 6) is 2.12. The second kappa shape index (κ2) is 12.0. The Kier molecular flexibility index (Phi) is 7.56. The Labute approximate surface area is 297 Å². The third kappa shape index (κ3) is 5.32. The van der Waals surface area contributed by atoms with Crippen molar-refractivity contribution < 1.29 is 0 Å². The van der Waals surface area contributed by atoms with E-state index in [0.717, 1.165) is 57.1 Å². The lowest BCUT2D eigenvalue weighted by Crippen LogP contribution is -2.33. The SMILES string of the molecule is CC(C)(C)c1ccc2c(c1)N(c1ccccc1)/C(=C1/N(c3ccccc3)c3ccc(C(C)(C)C)cc3N1c1ccccc1)N2c1ccccc1. The van der Waals surface area contributed by atoms with E-state index in [4.69, 9.17) is 0 Å². The maximum atomic E-state index is 2.47. The maximum Gasteiger partial charge on any atom is 0.166 e. The van der Waals surface area contributed by atoms with Crippen LogP contribution in [0.1, 0.15) is 52.7 Å². The molecular weight excluding hydrogens is 609 g/mol. The molecule has 6 aromatic carbocycles. The predicted molar refractivity (Wildman–Crippen MR) is 212 cm³/mol. The van der Waals surface area contributed by atoms with E-state index in [-0.39, 0.29) is 10.8 Å². The van der Waals surface area contributed by atoms with Gasteiger partial charge in [-0.25, -0.2) is 0 Å². The van der Waals surface area contributed by atoms with E-state index in [0.29, 0.717) is 0 Å². The Hall–Kier alpha value is -5.74. The van der Waals surface area contributed by atoms with Crippen molar-refractivity contribution in [2.24, 2.45) is 0 Å². The molecule has 0 radical (unpaired) electrons. The zero-order valence-electron chi connectivity index (χ0n) is 29.8. The van der Waals surface area contributed by atoms with Crippen molar-refractivity contribution in [1.29, 1.82) is 0 Å².